The van der Waals surface area contributed by atoms with Crippen LogP contribution in [0, 0.1) is 17.6 Å². The van der Waals surface area contributed by atoms with Gasteiger partial charge in [0, 0.05) is 23.8 Å². The smallest absolute Gasteiger partial charge is 0.224 e. The van der Waals surface area contributed by atoms with Crippen LogP contribution in [0.3, 0.4) is 0 Å². The molecule has 0 aromatic carbocycles. The molecule has 7 heteroatoms. The van der Waals surface area contributed by atoms with Crippen molar-refractivity contribution in [3.05, 3.63) is 32.5 Å². The van der Waals surface area contributed by atoms with E-state index in [1.807, 2.05) is 7.05 Å². The minimum Gasteiger partial charge on any atom is -0.349 e. The summed E-state index contributed by atoms with van der Waals surface area (Å²) in [5, 5.41) is 11.8. The molecule has 1 aliphatic carbocycles. The first kappa shape index (κ1) is 13.5. The number of hydrogen-bond donors (Lipinski definition) is 2. The van der Waals surface area contributed by atoms with Gasteiger partial charge in [-0.2, -0.15) is 5.10 Å². The van der Waals surface area contributed by atoms with Gasteiger partial charge in [-0.3, -0.25) is 9.89 Å². The zero-order valence-electron chi connectivity index (χ0n) is 11.3. The SMILES string of the molecule is Cc1ccsc1[C@@H]1C[C@H]1C(=O)NCc1n[nH]c(=S)n1C. The molecule has 1 fully saturated rings. The van der Waals surface area contributed by atoms with E-state index in [-0.39, 0.29) is 11.8 Å². The fraction of sp³-hybridized carbons (Fsp3) is 0.462. The van der Waals surface area contributed by atoms with Gasteiger partial charge in [0.25, 0.3) is 0 Å². The summed E-state index contributed by atoms with van der Waals surface area (Å²) >= 11 is 6.78. The second-order valence-corrected chi connectivity index (χ2v) is 6.47. The van der Waals surface area contributed by atoms with Crippen LogP contribution in [0.25, 0.3) is 0 Å². The molecule has 2 aromatic heterocycles. The van der Waals surface area contributed by atoms with Crippen LogP contribution in [0.5, 0.6) is 0 Å². The van der Waals surface area contributed by atoms with Crippen LogP contribution in [0.2, 0.25) is 0 Å². The van der Waals surface area contributed by atoms with Crippen LogP contribution in [-0.4, -0.2) is 20.7 Å². The monoisotopic (exact) mass is 308 g/mol. The molecule has 3 rings (SSSR count). The first-order valence-corrected chi connectivity index (χ1v) is 7.78. The molecule has 1 amide bonds. The van der Waals surface area contributed by atoms with Crippen LogP contribution in [0.15, 0.2) is 11.4 Å². The lowest BCUT2D eigenvalue weighted by Gasteiger charge is -2.04. The molecule has 2 N–H and O–H groups in total. The average Bonchev–Trinajstić information content (AvgIpc) is 3.02. The van der Waals surface area contributed by atoms with Crippen molar-refractivity contribution < 1.29 is 4.79 Å². The number of nitrogens with zero attached hydrogens (tertiary/aromatic N) is 2. The Kier molecular flexibility index (Phi) is 3.47. The number of carbonyl (C=O) groups is 1. The summed E-state index contributed by atoms with van der Waals surface area (Å²) in [6.45, 7) is 2.52. The second kappa shape index (κ2) is 5.14. The van der Waals surface area contributed by atoms with E-state index < -0.39 is 0 Å². The molecule has 20 heavy (non-hydrogen) atoms. The van der Waals surface area contributed by atoms with Crippen molar-refractivity contribution in [1.29, 1.82) is 0 Å². The minimum atomic E-state index is 0.108. The van der Waals surface area contributed by atoms with Gasteiger partial charge in [0.05, 0.1) is 6.54 Å². The number of carbonyl (C=O) groups excluding carboxylic acids is 1. The molecule has 2 atom stereocenters. The predicted molar refractivity (Wildman–Crippen MR) is 80.1 cm³/mol. The molecule has 2 heterocycles. The van der Waals surface area contributed by atoms with Gasteiger partial charge in [0.1, 0.15) is 0 Å². The Morgan fingerprint density at radius 1 is 1.70 bits per heavy atom. The number of hydrogen-bond acceptors (Lipinski definition) is 4. The number of amides is 1. The Morgan fingerprint density at radius 2 is 2.50 bits per heavy atom. The first-order valence-electron chi connectivity index (χ1n) is 6.50. The molecular formula is C13H16N4OS2. The Morgan fingerprint density at radius 3 is 3.10 bits per heavy atom. The number of aromatic amines is 1. The van der Waals surface area contributed by atoms with Gasteiger partial charge in [-0.05, 0) is 42.6 Å². The summed E-state index contributed by atoms with van der Waals surface area (Å²) in [7, 11) is 1.84. The van der Waals surface area contributed by atoms with Crippen molar-refractivity contribution in [3.63, 3.8) is 0 Å². The number of H-pyrrole nitrogens is 1. The predicted octanol–water partition coefficient (Wildman–Crippen LogP) is 2.27. The maximum atomic E-state index is 12.1. The van der Waals surface area contributed by atoms with Crippen LogP contribution in [-0.2, 0) is 18.4 Å². The largest absolute Gasteiger partial charge is 0.349 e. The molecule has 0 bridgehead atoms. The molecule has 1 aliphatic rings. The summed E-state index contributed by atoms with van der Waals surface area (Å²) in [5.41, 5.74) is 1.30. The van der Waals surface area contributed by atoms with Gasteiger partial charge < -0.3 is 9.88 Å². The van der Waals surface area contributed by atoms with E-state index in [1.165, 1.54) is 10.4 Å². The maximum absolute atomic E-state index is 12.1. The lowest BCUT2D eigenvalue weighted by molar-refractivity contribution is -0.122. The van der Waals surface area contributed by atoms with Crippen LogP contribution in [0.4, 0.5) is 0 Å². The summed E-state index contributed by atoms with van der Waals surface area (Å²) in [4.78, 5) is 13.5. The lowest BCUT2D eigenvalue weighted by atomic mass is 10.2. The standard InChI is InChI=1S/C13H16N4OS2/c1-7-3-4-20-11(7)8-5-9(8)12(18)14-6-10-15-16-13(19)17(10)2/h3-4,8-9H,5-6H2,1-2H3,(H,14,18)(H,16,19)/t8-,9-/m1/s1. The number of aromatic nitrogens is 3. The zero-order valence-corrected chi connectivity index (χ0v) is 13.0. The fourth-order valence-corrected chi connectivity index (χ4v) is 3.63. The maximum Gasteiger partial charge on any atom is 0.224 e. The molecule has 106 valence electrons. The summed E-state index contributed by atoms with van der Waals surface area (Å²) in [6, 6.07) is 2.11. The van der Waals surface area contributed by atoms with Crippen LogP contribution < -0.4 is 5.32 Å². The molecule has 0 aliphatic heterocycles. The Balaban J connectivity index is 1.58. The molecule has 1 saturated carbocycles. The summed E-state index contributed by atoms with van der Waals surface area (Å²) < 4.78 is 2.33. The van der Waals surface area contributed by atoms with Crippen LogP contribution >= 0.6 is 23.6 Å². The highest BCUT2D eigenvalue weighted by Gasteiger charge is 2.45. The zero-order chi connectivity index (χ0) is 14.3. The normalized spacial score (nSPS) is 20.9. The fourth-order valence-electron chi connectivity index (χ4n) is 2.37. The highest BCUT2D eigenvalue weighted by atomic mass is 32.1. The van der Waals surface area contributed by atoms with E-state index in [1.54, 1.807) is 15.9 Å². The van der Waals surface area contributed by atoms with Crippen molar-refractivity contribution >= 4 is 29.5 Å². The summed E-state index contributed by atoms with van der Waals surface area (Å²) in [5.74, 6) is 1.36. The van der Waals surface area contributed by atoms with E-state index in [9.17, 15) is 4.79 Å². The van der Waals surface area contributed by atoms with E-state index >= 15 is 0 Å². The number of rotatable bonds is 4. The van der Waals surface area contributed by atoms with Crippen molar-refractivity contribution in [2.45, 2.75) is 25.8 Å². The van der Waals surface area contributed by atoms with E-state index in [2.05, 4.69) is 33.9 Å². The minimum absolute atomic E-state index is 0.108. The van der Waals surface area contributed by atoms with Gasteiger partial charge in [0.2, 0.25) is 5.91 Å². The molecule has 0 unspecified atom stereocenters. The van der Waals surface area contributed by atoms with Gasteiger partial charge in [-0.25, -0.2) is 0 Å². The van der Waals surface area contributed by atoms with Gasteiger partial charge >= 0.3 is 0 Å². The lowest BCUT2D eigenvalue weighted by Crippen LogP contribution is -2.26. The third-order valence-electron chi connectivity index (χ3n) is 3.76. The number of aryl methyl sites for hydroxylation is 1. The molecule has 5 nitrogen and oxygen atoms in total. The van der Waals surface area contributed by atoms with Crippen molar-refractivity contribution in [3.8, 4) is 0 Å². The van der Waals surface area contributed by atoms with Gasteiger partial charge in [-0.15, -0.1) is 11.3 Å². The molecular weight excluding hydrogens is 292 g/mol. The van der Waals surface area contributed by atoms with Crippen molar-refractivity contribution in [1.82, 2.24) is 20.1 Å². The van der Waals surface area contributed by atoms with E-state index in [0.29, 0.717) is 17.2 Å². The highest BCUT2D eigenvalue weighted by molar-refractivity contribution is 7.71. The Labute approximate surface area is 126 Å². The molecule has 0 saturated heterocycles. The highest BCUT2D eigenvalue weighted by Crippen LogP contribution is 2.50. The quantitative estimate of drug-likeness (QED) is 0.852. The van der Waals surface area contributed by atoms with Crippen LogP contribution in [0.1, 0.15) is 28.6 Å². The van der Waals surface area contributed by atoms with Crippen molar-refractivity contribution in [2.24, 2.45) is 13.0 Å². The first-order chi connectivity index (χ1) is 9.58. The van der Waals surface area contributed by atoms with E-state index in [4.69, 9.17) is 12.2 Å². The average molecular weight is 308 g/mol. The number of thiophene rings is 1. The second-order valence-electron chi connectivity index (χ2n) is 5.14. The summed E-state index contributed by atoms with van der Waals surface area (Å²) in [6.07, 6.45) is 0.951. The number of nitrogens with one attached hydrogen (secondary N) is 2. The Bertz CT molecular complexity index is 699. The topological polar surface area (TPSA) is 62.7 Å². The van der Waals surface area contributed by atoms with E-state index in [0.717, 1.165) is 12.2 Å². The van der Waals surface area contributed by atoms with Gasteiger partial charge in [0.15, 0.2) is 10.6 Å². The third kappa shape index (κ3) is 2.43. The molecule has 2 aromatic rings. The van der Waals surface area contributed by atoms with Gasteiger partial charge in [-0.1, -0.05) is 0 Å². The molecule has 0 spiro atoms. The Hall–Kier alpha value is -1.47. The molecule has 0 radical (unpaired) electrons. The van der Waals surface area contributed by atoms with Crippen molar-refractivity contribution in [2.75, 3.05) is 0 Å². The third-order valence-corrected chi connectivity index (χ3v) is 5.27.